The first kappa shape index (κ1) is 23.9. The molecule has 0 bridgehead atoms. The molecule has 9 nitrogen and oxygen atoms in total. The number of ether oxygens (including phenoxy) is 1. The van der Waals surface area contributed by atoms with Gasteiger partial charge in [-0.2, -0.15) is 8.42 Å². The highest BCUT2D eigenvalue weighted by atomic mass is 35.5. The van der Waals surface area contributed by atoms with E-state index in [1.165, 1.54) is 36.4 Å². The fraction of sp³-hybridized carbons (Fsp3) is 0.158. The molecule has 13 heteroatoms. The largest absolute Gasteiger partial charge is 0.462 e. The van der Waals surface area contributed by atoms with Gasteiger partial charge in [-0.25, -0.2) is 4.79 Å². The Morgan fingerprint density at radius 1 is 1.12 bits per heavy atom. The zero-order valence-corrected chi connectivity index (χ0v) is 19.8. The van der Waals surface area contributed by atoms with E-state index in [2.05, 4.69) is 20.2 Å². The van der Waals surface area contributed by atoms with E-state index in [0.717, 1.165) is 0 Å². The zero-order valence-electron chi connectivity index (χ0n) is 16.7. The van der Waals surface area contributed by atoms with Gasteiger partial charge in [-0.3, -0.25) is 14.8 Å². The van der Waals surface area contributed by atoms with Gasteiger partial charge in [-0.1, -0.05) is 34.5 Å². The van der Waals surface area contributed by atoms with Crippen LogP contribution in [0.15, 0.2) is 40.7 Å². The summed E-state index contributed by atoms with van der Waals surface area (Å²) in [6, 6.07) is 8.75. The smallest absolute Gasteiger partial charge is 0.338 e. The number of nitrogens with zero attached hydrogens (tertiary/aromatic N) is 2. The van der Waals surface area contributed by atoms with Crippen molar-refractivity contribution in [1.82, 2.24) is 10.2 Å². The van der Waals surface area contributed by atoms with E-state index < -0.39 is 21.9 Å². The number of hydrogen-bond donors (Lipinski definition) is 2. The van der Waals surface area contributed by atoms with E-state index in [-0.39, 0.29) is 32.4 Å². The third kappa shape index (κ3) is 5.54. The topological polar surface area (TPSA) is 127 Å². The Balaban J connectivity index is 1.75. The summed E-state index contributed by atoms with van der Waals surface area (Å²) >= 11 is 12.5. The van der Waals surface area contributed by atoms with Crippen LogP contribution < -0.4 is 10.0 Å². The van der Waals surface area contributed by atoms with Gasteiger partial charge in [-0.05, 0) is 55.8 Å². The van der Waals surface area contributed by atoms with Crippen molar-refractivity contribution in [3.63, 3.8) is 0 Å². The summed E-state index contributed by atoms with van der Waals surface area (Å²) < 4.78 is 32.4. The zero-order chi connectivity index (χ0) is 23.5. The maximum absolute atomic E-state index is 12.7. The number of hydrogen-bond acceptors (Lipinski definition) is 8. The summed E-state index contributed by atoms with van der Waals surface area (Å²) in [5, 5.41) is 10.3. The Morgan fingerprint density at radius 2 is 1.88 bits per heavy atom. The van der Waals surface area contributed by atoms with Crippen molar-refractivity contribution in [1.29, 1.82) is 0 Å². The predicted octanol–water partition coefficient (Wildman–Crippen LogP) is 4.38. The number of anilines is 2. The number of carbonyl (C=O) groups excluding carboxylic acids is 2. The van der Waals surface area contributed by atoms with Crippen LogP contribution in [0, 0.1) is 6.92 Å². The van der Waals surface area contributed by atoms with Crippen LogP contribution in [-0.4, -0.2) is 37.1 Å². The summed E-state index contributed by atoms with van der Waals surface area (Å²) in [7, 11) is -4.09. The number of aromatic nitrogens is 2. The Hall–Kier alpha value is -2.73. The molecule has 1 heterocycles. The molecular formula is C19H16Cl2N4O5S2. The number of esters is 1. The minimum atomic E-state index is -4.09. The minimum Gasteiger partial charge on any atom is -0.462 e. The second-order valence-electron chi connectivity index (χ2n) is 6.31. The van der Waals surface area contributed by atoms with E-state index in [0.29, 0.717) is 27.5 Å². The van der Waals surface area contributed by atoms with Crippen LogP contribution in [0.2, 0.25) is 10.0 Å². The van der Waals surface area contributed by atoms with Crippen LogP contribution in [0.3, 0.4) is 0 Å². The number of rotatable bonds is 7. The van der Waals surface area contributed by atoms with Crippen molar-refractivity contribution in [3.05, 3.63) is 63.1 Å². The Labute approximate surface area is 197 Å². The number of sulfonamides is 1. The molecule has 3 rings (SSSR count). The molecule has 1 amide bonds. The monoisotopic (exact) mass is 514 g/mol. The van der Waals surface area contributed by atoms with E-state index in [1.807, 2.05) is 0 Å². The average molecular weight is 515 g/mol. The first-order valence-electron chi connectivity index (χ1n) is 9.01. The lowest BCUT2D eigenvalue weighted by Gasteiger charge is -2.10. The predicted molar refractivity (Wildman–Crippen MR) is 122 cm³/mol. The van der Waals surface area contributed by atoms with Crippen molar-refractivity contribution in [2.24, 2.45) is 0 Å². The molecular weight excluding hydrogens is 499 g/mol. The van der Waals surface area contributed by atoms with Crippen LogP contribution in [-0.2, 0) is 14.8 Å². The Kier molecular flexibility index (Phi) is 7.34. The lowest BCUT2D eigenvalue weighted by molar-refractivity contribution is 0.0526. The summed E-state index contributed by atoms with van der Waals surface area (Å²) in [5.41, 5.74) is 1.21. The average Bonchev–Trinajstić information content (AvgIpc) is 3.19. The van der Waals surface area contributed by atoms with Gasteiger partial charge in [0, 0.05) is 5.02 Å². The lowest BCUT2D eigenvalue weighted by atomic mass is 10.1. The fourth-order valence-electron chi connectivity index (χ4n) is 2.51. The minimum absolute atomic E-state index is 0.0317. The number of halogens is 2. The fourth-order valence-corrected chi connectivity index (χ4v) is 5.04. The second kappa shape index (κ2) is 9.82. The van der Waals surface area contributed by atoms with Crippen LogP contribution in [0.25, 0.3) is 0 Å². The van der Waals surface area contributed by atoms with E-state index in [1.54, 1.807) is 13.8 Å². The molecule has 0 spiro atoms. The highest BCUT2D eigenvalue weighted by Crippen LogP contribution is 2.26. The first-order chi connectivity index (χ1) is 15.1. The maximum atomic E-state index is 12.7. The van der Waals surface area contributed by atoms with E-state index in [4.69, 9.17) is 27.9 Å². The molecule has 0 fully saturated rings. The molecule has 0 aliphatic heterocycles. The molecule has 0 atom stereocenters. The molecule has 2 N–H and O–H groups in total. The second-order valence-corrected chi connectivity index (χ2v) is 9.98. The van der Waals surface area contributed by atoms with Gasteiger partial charge in [-0.15, -0.1) is 10.2 Å². The van der Waals surface area contributed by atoms with Crippen molar-refractivity contribution in [2.75, 3.05) is 16.6 Å². The van der Waals surface area contributed by atoms with Crippen molar-refractivity contribution in [3.8, 4) is 0 Å². The van der Waals surface area contributed by atoms with Gasteiger partial charge in [0.25, 0.3) is 20.3 Å². The van der Waals surface area contributed by atoms with Crippen molar-refractivity contribution >= 4 is 67.3 Å². The number of aryl methyl sites for hydroxylation is 1. The molecule has 0 radical (unpaired) electrons. The molecule has 0 saturated heterocycles. The highest BCUT2D eigenvalue weighted by Gasteiger charge is 2.23. The third-order valence-electron chi connectivity index (χ3n) is 4.01. The van der Waals surface area contributed by atoms with E-state index in [9.17, 15) is 18.0 Å². The molecule has 168 valence electrons. The molecule has 0 aliphatic carbocycles. The summed E-state index contributed by atoms with van der Waals surface area (Å²) in [5.74, 6) is -1.10. The lowest BCUT2D eigenvalue weighted by Crippen LogP contribution is -2.14. The summed E-state index contributed by atoms with van der Waals surface area (Å²) in [6.07, 6.45) is 0. The molecule has 1 aromatic heterocycles. The molecule has 32 heavy (non-hydrogen) atoms. The first-order valence-corrected chi connectivity index (χ1v) is 12.1. The van der Waals surface area contributed by atoms with Gasteiger partial charge in [0.05, 0.1) is 28.4 Å². The van der Waals surface area contributed by atoms with Crippen LogP contribution in [0.5, 0.6) is 0 Å². The standard InChI is InChI=1S/C19H16Cl2N4O5S2/c1-3-30-17(27)11-4-7-15(10(2)8-11)25-32(28,29)19-24-23-18(31-19)22-16(26)13-6-5-12(20)9-14(13)21/h4-9,25H,3H2,1-2H3,(H,22,23,26). The quantitative estimate of drug-likeness (QED) is 0.353. The maximum Gasteiger partial charge on any atom is 0.338 e. The highest BCUT2D eigenvalue weighted by molar-refractivity contribution is 7.94. The van der Waals surface area contributed by atoms with Gasteiger partial charge >= 0.3 is 5.97 Å². The summed E-state index contributed by atoms with van der Waals surface area (Å²) in [4.78, 5) is 24.2. The van der Waals surface area contributed by atoms with Crippen LogP contribution in [0.1, 0.15) is 33.2 Å². The number of benzene rings is 2. The number of nitrogens with one attached hydrogen (secondary N) is 2. The summed E-state index contributed by atoms with van der Waals surface area (Å²) in [6.45, 7) is 3.56. The molecule has 3 aromatic rings. The Bertz CT molecular complexity index is 1290. The third-order valence-corrected chi connectivity index (χ3v) is 7.13. The number of amides is 1. The van der Waals surface area contributed by atoms with Crippen molar-refractivity contribution in [2.45, 2.75) is 18.2 Å². The van der Waals surface area contributed by atoms with Gasteiger partial charge in [0.1, 0.15) is 0 Å². The molecule has 0 saturated carbocycles. The van der Waals surface area contributed by atoms with Crippen molar-refractivity contribution < 1.29 is 22.7 Å². The van der Waals surface area contributed by atoms with Gasteiger partial charge in [0.15, 0.2) is 0 Å². The van der Waals surface area contributed by atoms with E-state index >= 15 is 0 Å². The molecule has 0 unspecified atom stereocenters. The molecule has 0 aliphatic rings. The van der Waals surface area contributed by atoms with Crippen LogP contribution in [0.4, 0.5) is 10.8 Å². The normalized spacial score (nSPS) is 11.1. The Morgan fingerprint density at radius 3 is 2.53 bits per heavy atom. The SMILES string of the molecule is CCOC(=O)c1ccc(NS(=O)(=O)c2nnc(NC(=O)c3ccc(Cl)cc3Cl)s2)c(C)c1. The van der Waals surface area contributed by atoms with Gasteiger partial charge in [0.2, 0.25) is 5.13 Å². The number of carbonyl (C=O) groups is 2. The van der Waals surface area contributed by atoms with Crippen LogP contribution >= 0.6 is 34.5 Å². The molecule has 2 aromatic carbocycles. The van der Waals surface area contributed by atoms with Gasteiger partial charge < -0.3 is 4.74 Å².